The topological polar surface area (TPSA) is 15.3 Å². The molecule has 88 valence electrons. The molecule has 2 saturated heterocycles. The summed E-state index contributed by atoms with van der Waals surface area (Å²) in [6.07, 6.45) is 6.83. The predicted molar refractivity (Wildman–Crippen MR) is 65.1 cm³/mol. The van der Waals surface area contributed by atoms with Crippen LogP contribution in [0.5, 0.6) is 0 Å². The summed E-state index contributed by atoms with van der Waals surface area (Å²) in [4.78, 5) is 2.82. The Morgan fingerprint density at radius 2 is 1.73 bits per heavy atom. The fourth-order valence-electron chi connectivity index (χ4n) is 3.58. The van der Waals surface area contributed by atoms with Crippen molar-refractivity contribution in [2.75, 3.05) is 7.05 Å². The molecule has 2 rings (SSSR count). The van der Waals surface area contributed by atoms with E-state index in [1.165, 1.54) is 32.1 Å². The molecule has 0 spiro atoms. The third-order valence-corrected chi connectivity index (χ3v) is 4.71. The van der Waals surface area contributed by atoms with Crippen LogP contribution in [0.4, 0.5) is 0 Å². The fourth-order valence-corrected chi connectivity index (χ4v) is 3.58. The zero-order chi connectivity index (χ0) is 11.1. The van der Waals surface area contributed by atoms with E-state index in [0.717, 1.165) is 18.1 Å². The number of hydrogen-bond donors (Lipinski definition) is 1. The van der Waals surface area contributed by atoms with Gasteiger partial charge in [-0.3, -0.25) is 4.90 Å². The maximum Gasteiger partial charge on any atom is 0.0156 e. The van der Waals surface area contributed by atoms with E-state index in [9.17, 15) is 0 Å². The molecule has 0 amide bonds. The van der Waals surface area contributed by atoms with Crippen LogP contribution in [0.2, 0.25) is 0 Å². The molecule has 0 aromatic carbocycles. The van der Waals surface area contributed by atoms with Gasteiger partial charge in [0.2, 0.25) is 0 Å². The molecular formula is C13H26N2. The standard InChI is InChI=1S/C13H26N2/c1-5-13(2,3)15-11-6-7-12(15)9-10(8-11)14-4/h10-12,14H,5-9H2,1-4H3. The SMILES string of the molecule is CCC(C)(C)N1C2CCC1CC(NC)C2. The molecule has 2 fully saturated rings. The lowest BCUT2D eigenvalue weighted by Crippen LogP contribution is -2.56. The van der Waals surface area contributed by atoms with Gasteiger partial charge in [0.25, 0.3) is 0 Å². The van der Waals surface area contributed by atoms with Crippen molar-refractivity contribution < 1.29 is 0 Å². The van der Waals surface area contributed by atoms with Gasteiger partial charge in [0.15, 0.2) is 0 Å². The summed E-state index contributed by atoms with van der Waals surface area (Å²) < 4.78 is 0. The maximum absolute atomic E-state index is 3.47. The van der Waals surface area contributed by atoms with Crippen molar-refractivity contribution in [2.45, 2.75) is 76.5 Å². The van der Waals surface area contributed by atoms with Crippen LogP contribution in [-0.2, 0) is 0 Å². The molecule has 2 nitrogen and oxygen atoms in total. The molecule has 0 saturated carbocycles. The molecular weight excluding hydrogens is 184 g/mol. The maximum atomic E-state index is 3.47. The Balaban J connectivity index is 2.11. The Hall–Kier alpha value is -0.0800. The van der Waals surface area contributed by atoms with E-state index in [4.69, 9.17) is 0 Å². The van der Waals surface area contributed by atoms with Gasteiger partial charge in [0, 0.05) is 23.7 Å². The van der Waals surface area contributed by atoms with Gasteiger partial charge in [0.1, 0.15) is 0 Å². The van der Waals surface area contributed by atoms with Gasteiger partial charge >= 0.3 is 0 Å². The molecule has 0 aromatic heterocycles. The monoisotopic (exact) mass is 210 g/mol. The van der Waals surface area contributed by atoms with Crippen LogP contribution < -0.4 is 5.32 Å². The molecule has 2 atom stereocenters. The Bertz CT molecular complexity index is 211. The average molecular weight is 210 g/mol. The summed E-state index contributed by atoms with van der Waals surface area (Å²) in [5, 5.41) is 3.47. The van der Waals surface area contributed by atoms with Crippen LogP contribution >= 0.6 is 0 Å². The lowest BCUT2D eigenvalue weighted by molar-refractivity contribution is 0.0193. The summed E-state index contributed by atoms with van der Waals surface area (Å²) in [6, 6.07) is 2.46. The summed E-state index contributed by atoms with van der Waals surface area (Å²) in [6.45, 7) is 7.15. The van der Waals surface area contributed by atoms with E-state index in [0.29, 0.717) is 5.54 Å². The third-order valence-electron chi connectivity index (χ3n) is 4.71. The van der Waals surface area contributed by atoms with Crippen molar-refractivity contribution in [3.63, 3.8) is 0 Å². The zero-order valence-electron chi connectivity index (χ0n) is 10.7. The van der Waals surface area contributed by atoms with Crippen LogP contribution in [0, 0.1) is 0 Å². The molecule has 2 heteroatoms. The van der Waals surface area contributed by atoms with Crippen LogP contribution in [-0.4, -0.2) is 35.6 Å². The molecule has 0 aromatic rings. The van der Waals surface area contributed by atoms with Crippen molar-refractivity contribution in [1.29, 1.82) is 0 Å². The van der Waals surface area contributed by atoms with Gasteiger partial charge in [0.05, 0.1) is 0 Å². The van der Waals surface area contributed by atoms with Gasteiger partial charge < -0.3 is 5.32 Å². The Morgan fingerprint density at radius 1 is 1.20 bits per heavy atom. The molecule has 15 heavy (non-hydrogen) atoms. The highest BCUT2D eigenvalue weighted by Crippen LogP contribution is 2.41. The van der Waals surface area contributed by atoms with Crippen LogP contribution in [0.3, 0.4) is 0 Å². The molecule has 0 aliphatic carbocycles. The van der Waals surface area contributed by atoms with Crippen molar-refractivity contribution >= 4 is 0 Å². The van der Waals surface area contributed by atoms with Crippen LogP contribution in [0.15, 0.2) is 0 Å². The molecule has 2 bridgehead atoms. The van der Waals surface area contributed by atoms with Crippen molar-refractivity contribution in [3.05, 3.63) is 0 Å². The van der Waals surface area contributed by atoms with Crippen LogP contribution in [0.1, 0.15) is 52.9 Å². The first kappa shape index (κ1) is 11.4. The second-order valence-corrected chi connectivity index (χ2v) is 5.92. The first-order valence-electron chi connectivity index (χ1n) is 6.54. The van der Waals surface area contributed by atoms with E-state index >= 15 is 0 Å². The van der Waals surface area contributed by atoms with Crippen molar-refractivity contribution in [2.24, 2.45) is 0 Å². The Labute approximate surface area is 94.4 Å². The van der Waals surface area contributed by atoms with E-state index in [1.54, 1.807) is 0 Å². The third kappa shape index (κ3) is 1.94. The molecule has 2 heterocycles. The summed E-state index contributed by atoms with van der Waals surface area (Å²) >= 11 is 0. The minimum atomic E-state index is 0.407. The van der Waals surface area contributed by atoms with Gasteiger partial charge in [-0.15, -0.1) is 0 Å². The minimum absolute atomic E-state index is 0.407. The molecule has 0 radical (unpaired) electrons. The lowest BCUT2D eigenvalue weighted by Gasteiger charge is -2.48. The summed E-state index contributed by atoms with van der Waals surface area (Å²) in [5.41, 5.74) is 0.407. The van der Waals surface area contributed by atoms with Gasteiger partial charge in [-0.1, -0.05) is 6.92 Å². The Kier molecular flexibility index (Phi) is 3.09. The van der Waals surface area contributed by atoms with E-state index in [2.05, 4.69) is 38.0 Å². The van der Waals surface area contributed by atoms with Crippen molar-refractivity contribution in [1.82, 2.24) is 10.2 Å². The highest BCUT2D eigenvalue weighted by molar-refractivity contribution is 5.02. The lowest BCUT2D eigenvalue weighted by atomic mass is 9.89. The number of nitrogens with one attached hydrogen (secondary N) is 1. The van der Waals surface area contributed by atoms with E-state index in [-0.39, 0.29) is 0 Å². The first-order chi connectivity index (χ1) is 7.08. The highest BCUT2D eigenvalue weighted by atomic mass is 15.3. The largest absolute Gasteiger partial charge is 0.317 e. The van der Waals surface area contributed by atoms with Gasteiger partial charge in [-0.2, -0.15) is 0 Å². The van der Waals surface area contributed by atoms with Crippen LogP contribution in [0.25, 0.3) is 0 Å². The number of hydrogen-bond acceptors (Lipinski definition) is 2. The number of piperidine rings is 1. The molecule has 2 aliphatic heterocycles. The minimum Gasteiger partial charge on any atom is -0.317 e. The van der Waals surface area contributed by atoms with E-state index < -0.39 is 0 Å². The Morgan fingerprint density at radius 3 is 2.13 bits per heavy atom. The predicted octanol–water partition coefficient (Wildman–Crippen LogP) is 2.39. The average Bonchev–Trinajstić information content (AvgIpc) is 2.51. The summed E-state index contributed by atoms with van der Waals surface area (Å²) in [5.74, 6) is 0. The normalized spacial score (nSPS) is 37.2. The number of nitrogens with zero attached hydrogens (tertiary/aromatic N) is 1. The first-order valence-corrected chi connectivity index (χ1v) is 6.54. The molecule has 1 N–H and O–H groups in total. The zero-order valence-corrected chi connectivity index (χ0v) is 10.7. The number of fused-ring (bicyclic) bond motifs is 2. The second kappa shape index (κ2) is 4.06. The van der Waals surface area contributed by atoms with Gasteiger partial charge in [-0.25, -0.2) is 0 Å². The van der Waals surface area contributed by atoms with E-state index in [1.807, 2.05) is 0 Å². The molecule has 2 aliphatic rings. The van der Waals surface area contributed by atoms with Gasteiger partial charge in [-0.05, 0) is 53.0 Å². The molecule has 2 unspecified atom stereocenters. The fraction of sp³-hybridized carbons (Fsp3) is 1.00. The summed E-state index contributed by atoms with van der Waals surface area (Å²) in [7, 11) is 2.12. The number of rotatable bonds is 3. The van der Waals surface area contributed by atoms with Crippen molar-refractivity contribution in [3.8, 4) is 0 Å². The smallest absolute Gasteiger partial charge is 0.0156 e. The quantitative estimate of drug-likeness (QED) is 0.769. The highest BCUT2D eigenvalue weighted by Gasteiger charge is 2.45. The second-order valence-electron chi connectivity index (χ2n) is 5.92.